The fourth-order valence-corrected chi connectivity index (χ4v) is 1.65. The molecule has 1 atom stereocenters. The van der Waals surface area contributed by atoms with Crippen molar-refractivity contribution in [2.75, 3.05) is 7.11 Å². The minimum atomic E-state index is -0.802. The molecule has 88 valence electrons. The molecule has 0 aliphatic carbocycles. The molecule has 0 spiro atoms. The van der Waals surface area contributed by atoms with Crippen LogP contribution in [0.3, 0.4) is 0 Å². The Morgan fingerprint density at radius 2 is 2.31 bits per heavy atom. The van der Waals surface area contributed by atoms with Gasteiger partial charge in [-0.05, 0) is 12.0 Å². The number of carbonyl (C=O) groups is 1. The summed E-state index contributed by atoms with van der Waals surface area (Å²) >= 11 is 5.66. The molecule has 1 aromatic carbocycles. The second kappa shape index (κ2) is 5.16. The van der Waals surface area contributed by atoms with Gasteiger partial charge in [0.15, 0.2) is 17.3 Å². The maximum Gasteiger partial charge on any atom is 0.198 e. The van der Waals surface area contributed by atoms with Crippen LogP contribution in [0.1, 0.15) is 24.8 Å². The summed E-state index contributed by atoms with van der Waals surface area (Å²) in [6.07, 6.45) is 0.951. The Bertz CT molecular complexity index is 407. The molecule has 0 aliphatic rings. The van der Waals surface area contributed by atoms with E-state index in [1.165, 1.54) is 13.2 Å². The van der Waals surface area contributed by atoms with Gasteiger partial charge in [0.1, 0.15) is 6.29 Å². The van der Waals surface area contributed by atoms with Gasteiger partial charge in [0.05, 0.1) is 12.1 Å². The number of carbonyl (C=O) groups excluding carboxylic acids is 1. The van der Waals surface area contributed by atoms with E-state index in [0.29, 0.717) is 5.56 Å². The average molecular weight is 247 g/mol. The molecule has 1 rings (SSSR count). The molecule has 1 unspecified atom stereocenters. The first-order chi connectivity index (χ1) is 7.52. The van der Waals surface area contributed by atoms with E-state index in [-0.39, 0.29) is 28.9 Å². The van der Waals surface area contributed by atoms with Crippen molar-refractivity contribution in [1.82, 2.24) is 0 Å². The Hall–Kier alpha value is -1.29. The maximum absolute atomic E-state index is 13.4. The number of aldehydes is 1. The topological polar surface area (TPSA) is 46.5 Å². The van der Waals surface area contributed by atoms with Crippen molar-refractivity contribution in [3.63, 3.8) is 0 Å². The van der Waals surface area contributed by atoms with Crippen molar-refractivity contribution in [2.24, 2.45) is 0 Å². The van der Waals surface area contributed by atoms with Crippen molar-refractivity contribution in [2.45, 2.75) is 19.3 Å². The molecule has 1 N–H and O–H groups in total. The van der Waals surface area contributed by atoms with Crippen LogP contribution in [0.2, 0.25) is 5.02 Å². The first-order valence-electron chi connectivity index (χ1n) is 4.71. The van der Waals surface area contributed by atoms with Gasteiger partial charge >= 0.3 is 0 Å². The van der Waals surface area contributed by atoms with E-state index >= 15 is 0 Å². The molecule has 0 bridgehead atoms. The van der Waals surface area contributed by atoms with Gasteiger partial charge in [0, 0.05) is 12.0 Å². The fraction of sp³-hybridized carbons (Fsp3) is 0.364. The Morgan fingerprint density at radius 1 is 1.69 bits per heavy atom. The zero-order valence-corrected chi connectivity index (χ0v) is 9.71. The number of aromatic hydroxyl groups is 1. The van der Waals surface area contributed by atoms with E-state index in [9.17, 15) is 14.3 Å². The smallest absolute Gasteiger partial charge is 0.198 e. The third-order valence-corrected chi connectivity index (χ3v) is 2.64. The minimum Gasteiger partial charge on any atom is -0.504 e. The highest BCUT2D eigenvalue weighted by Crippen LogP contribution is 2.40. The van der Waals surface area contributed by atoms with Crippen molar-refractivity contribution >= 4 is 17.9 Å². The highest BCUT2D eigenvalue weighted by atomic mass is 35.5. The number of ether oxygens (including phenoxy) is 1. The summed E-state index contributed by atoms with van der Waals surface area (Å²) in [7, 11) is 1.24. The van der Waals surface area contributed by atoms with E-state index in [0.717, 1.165) is 6.29 Å². The van der Waals surface area contributed by atoms with Crippen molar-refractivity contribution in [3.05, 3.63) is 22.5 Å². The Balaban J connectivity index is 3.30. The number of methoxy groups -OCH3 is 1. The van der Waals surface area contributed by atoms with Crippen molar-refractivity contribution in [1.29, 1.82) is 0 Å². The van der Waals surface area contributed by atoms with Crippen LogP contribution < -0.4 is 4.74 Å². The number of hydrogen-bond donors (Lipinski definition) is 1. The lowest BCUT2D eigenvalue weighted by Gasteiger charge is -2.14. The van der Waals surface area contributed by atoms with E-state index in [2.05, 4.69) is 0 Å². The first kappa shape index (κ1) is 12.8. The number of halogens is 2. The largest absolute Gasteiger partial charge is 0.504 e. The summed E-state index contributed by atoms with van der Waals surface area (Å²) in [5.74, 6) is -1.65. The lowest BCUT2D eigenvalue weighted by Crippen LogP contribution is -1.99. The molecule has 0 saturated heterocycles. The number of phenolic OH excluding ortho intramolecular Hbond substituents is 1. The Labute approximate surface area is 97.8 Å². The highest BCUT2D eigenvalue weighted by molar-refractivity contribution is 6.31. The zero-order chi connectivity index (χ0) is 12.3. The molecule has 0 radical (unpaired) electrons. The SMILES string of the molecule is COc1c(O)c(C(C)CC=O)cc(Cl)c1F. The summed E-state index contributed by atoms with van der Waals surface area (Å²) < 4.78 is 18.1. The molecule has 0 saturated carbocycles. The van der Waals surface area contributed by atoms with Gasteiger partial charge in [0.2, 0.25) is 0 Å². The van der Waals surface area contributed by atoms with Gasteiger partial charge in [0.25, 0.3) is 0 Å². The number of benzene rings is 1. The molecule has 0 aliphatic heterocycles. The summed E-state index contributed by atoms with van der Waals surface area (Å²) in [6, 6.07) is 1.31. The second-order valence-electron chi connectivity index (χ2n) is 3.45. The lowest BCUT2D eigenvalue weighted by molar-refractivity contribution is -0.108. The molecule has 0 amide bonds. The molecule has 5 heteroatoms. The molecule has 3 nitrogen and oxygen atoms in total. The van der Waals surface area contributed by atoms with Gasteiger partial charge in [-0.25, -0.2) is 4.39 Å². The van der Waals surface area contributed by atoms with Crippen LogP contribution in [-0.2, 0) is 4.79 Å². The summed E-state index contributed by atoms with van der Waals surface area (Å²) in [5.41, 5.74) is 0.398. The summed E-state index contributed by atoms with van der Waals surface area (Å²) in [6.45, 7) is 1.73. The van der Waals surface area contributed by atoms with E-state index in [4.69, 9.17) is 16.3 Å². The average Bonchev–Trinajstić information content (AvgIpc) is 2.24. The second-order valence-corrected chi connectivity index (χ2v) is 3.85. The van der Waals surface area contributed by atoms with Gasteiger partial charge in [-0.1, -0.05) is 18.5 Å². The third-order valence-electron chi connectivity index (χ3n) is 2.36. The predicted molar refractivity (Wildman–Crippen MR) is 58.7 cm³/mol. The standard InChI is InChI=1S/C11H12ClFO3/c1-6(3-4-14)7-5-8(12)9(13)11(16-2)10(7)15/h4-6,15H,3H2,1-2H3. The minimum absolute atomic E-state index is 0.137. The van der Waals surface area contributed by atoms with Crippen LogP contribution >= 0.6 is 11.6 Å². The lowest BCUT2D eigenvalue weighted by atomic mass is 9.97. The molecule has 0 fully saturated rings. The Kier molecular flexibility index (Phi) is 4.12. The van der Waals surface area contributed by atoms with Gasteiger partial charge < -0.3 is 14.6 Å². The first-order valence-corrected chi connectivity index (χ1v) is 5.09. The van der Waals surface area contributed by atoms with Gasteiger partial charge in [-0.3, -0.25) is 0 Å². The van der Waals surface area contributed by atoms with Crippen LogP contribution in [0, 0.1) is 5.82 Å². The highest BCUT2D eigenvalue weighted by Gasteiger charge is 2.20. The Morgan fingerprint density at radius 3 is 2.81 bits per heavy atom. The summed E-state index contributed by atoms with van der Waals surface area (Å²) in [5, 5.41) is 9.61. The third kappa shape index (κ3) is 2.27. The molecular formula is C11H12ClFO3. The van der Waals surface area contributed by atoms with Crippen LogP contribution in [-0.4, -0.2) is 18.5 Å². The van der Waals surface area contributed by atoms with Crippen molar-refractivity contribution in [3.8, 4) is 11.5 Å². The molecule has 16 heavy (non-hydrogen) atoms. The number of rotatable bonds is 4. The van der Waals surface area contributed by atoms with Crippen LogP contribution in [0.15, 0.2) is 6.07 Å². The molecule has 0 aromatic heterocycles. The maximum atomic E-state index is 13.4. The van der Waals surface area contributed by atoms with Gasteiger partial charge in [-0.2, -0.15) is 0 Å². The van der Waals surface area contributed by atoms with E-state index < -0.39 is 5.82 Å². The monoisotopic (exact) mass is 246 g/mol. The van der Waals surface area contributed by atoms with Crippen LogP contribution in [0.5, 0.6) is 11.5 Å². The molecular weight excluding hydrogens is 235 g/mol. The van der Waals surface area contributed by atoms with Crippen molar-refractivity contribution < 1.29 is 19.0 Å². The normalized spacial score (nSPS) is 12.2. The number of hydrogen-bond acceptors (Lipinski definition) is 3. The van der Waals surface area contributed by atoms with Crippen LogP contribution in [0.4, 0.5) is 4.39 Å². The van der Waals surface area contributed by atoms with Crippen LogP contribution in [0.25, 0.3) is 0 Å². The van der Waals surface area contributed by atoms with Gasteiger partial charge in [-0.15, -0.1) is 0 Å². The quantitative estimate of drug-likeness (QED) is 0.831. The zero-order valence-electron chi connectivity index (χ0n) is 8.96. The fourth-order valence-electron chi connectivity index (χ4n) is 1.44. The predicted octanol–water partition coefficient (Wildman–Crippen LogP) is 2.89. The van der Waals surface area contributed by atoms with E-state index in [1.807, 2.05) is 0 Å². The molecule has 1 aromatic rings. The molecule has 0 heterocycles. The number of phenols is 1. The van der Waals surface area contributed by atoms with E-state index in [1.54, 1.807) is 6.92 Å². The summed E-state index contributed by atoms with van der Waals surface area (Å²) in [4.78, 5) is 10.4.